The van der Waals surface area contributed by atoms with Crippen LogP contribution in [0.3, 0.4) is 0 Å². The number of hydrogen-bond acceptors (Lipinski definition) is 4. The second-order valence-corrected chi connectivity index (χ2v) is 6.94. The smallest absolute Gasteiger partial charge is 0.282 e. The second-order valence-electron chi connectivity index (χ2n) is 6.94. The van der Waals surface area contributed by atoms with Crippen LogP contribution in [-0.4, -0.2) is 18.9 Å². The lowest BCUT2D eigenvalue weighted by Gasteiger charge is -2.16. The summed E-state index contributed by atoms with van der Waals surface area (Å²) in [5, 5.41) is 3.19. The Morgan fingerprint density at radius 1 is 0.833 bits per heavy atom. The Balaban J connectivity index is 1.75. The van der Waals surface area contributed by atoms with Crippen molar-refractivity contribution in [2.24, 2.45) is 0 Å². The van der Waals surface area contributed by atoms with Crippen LogP contribution < -0.4 is 15.0 Å². The molecule has 5 heteroatoms. The predicted octanol–water partition coefficient (Wildman–Crippen LogP) is 4.65. The first-order valence-electron chi connectivity index (χ1n) is 9.81. The van der Waals surface area contributed by atoms with Crippen molar-refractivity contribution in [2.75, 3.05) is 17.3 Å². The number of anilines is 2. The number of carbonyl (C=O) groups excluding carboxylic acids is 2. The van der Waals surface area contributed by atoms with Gasteiger partial charge in [-0.05, 0) is 53.9 Å². The SMILES string of the molecule is CCc1ccc(NC2=C(c3ccccc3)C(=O)N(c3ccc(OC)cc3)C2=O)cc1. The van der Waals surface area contributed by atoms with E-state index in [4.69, 9.17) is 4.74 Å². The maximum Gasteiger partial charge on any atom is 0.282 e. The fourth-order valence-electron chi connectivity index (χ4n) is 3.45. The number of amides is 2. The largest absolute Gasteiger partial charge is 0.497 e. The number of benzene rings is 3. The van der Waals surface area contributed by atoms with Gasteiger partial charge < -0.3 is 10.1 Å². The molecule has 0 aliphatic carbocycles. The summed E-state index contributed by atoms with van der Waals surface area (Å²) in [5.74, 6) is -0.0870. The standard InChI is InChI=1S/C25H22N2O3/c1-3-17-9-11-19(12-10-17)26-23-22(18-7-5-4-6-8-18)24(28)27(25(23)29)20-13-15-21(30-2)16-14-20/h4-16,26H,3H2,1-2H3. The average molecular weight is 398 g/mol. The molecule has 150 valence electrons. The van der Waals surface area contributed by atoms with Gasteiger partial charge in [0.1, 0.15) is 11.4 Å². The molecule has 1 N–H and O–H groups in total. The van der Waals surface area contributed by atoms with Gasteiger partial charge in [0.05, 0.1) is 18.4 Å². The molecule has 0 saturated heterocycles. The molecule has 1 aliphatic rings. The van der Waals surface area contributed by atoms with Crippen molar-refractivity contribution in [3.63, 3.8) is 0 Å². The molecule has 0 bridgehead atoms. The zero-order chi connectivity index (χ0) is 21.1. The molecule has 0 radical (unpaired) electrons. The summed E-state index contributed by atoms with van der Waals surface area (Å²) in [4.78, 5) is 27.9. The van der Waals surface area contributed by atoms with Gasteiger partial charge in [-0.1, -0.05) is 49.4 Å². The van der Waals surface area contributed by atoms with Gasteiger partial charge in [-0.2, -0.15) is 0 Å². The van der Waals surface area contributed by atoms with Crippen LogP contribution in [0.15, 0.2) is 84.6 Å². The molecule has 0 fully saturated rings. The minimum Gasteiger partial charge on any atom is -0.497 e. The van der Waals surface area contributed by atoms with Crippen LogP contribution in [0.4, 0.5) is 11.4 Å². The highest BCUT2D eigenvalue weighted by Crippen LogP contribution is 2.34. The fraction of sp³-hybridized carbons (Fsp3) is 0.120. The molecule has 0 atom stereocenters. The number of carbonyl (C=O) groups is 2. The highest BCUT2D eigenvalue weighted by atomic mass is 16.5. The van der Waals surface area contributed by atoms with Crippen LogP contribution in [0, 0.1) is 0 Å². The normalized spacial score (nSPS) is 13.7. The van der Waals surface area contributed by atoms with Gasteiger partial charge in [0.15, 0.2) is 0 Å². The third kappa shape index (κ3) is 3.57. The van der Waals surface area contributed by atoms with Gasteiger partial charge in [-0.15, -0.1) is 0 Å². The number of hydrogen-bond donors (Lipinski definition) is 1. The first-order chi connectivity index (χ1) is 14.6. The van der Waals surface area contributed by atoms with E-state index in [9.17, 15) is 9.59 Å². The quantitative estimate of drug-likeness (QED) is 0.614. The van der Waals surface area contributed by atoms with Gasteiger partial charge in [0, 0.05) is 5.69 Å². The van der Waals surface area contributed by atoms with Crippen LogP contribution in [0.5, 0.6) is 5.75 Å². The van der Waals surface area contributed by atoms with Gasteiger partial charge >= 0.3 is 0 Å². The number of aryl methyl sites for hydroxylation is 1. The molecule has 1 aliphatic heterocycles. The monoisotopic (exact) mass is 398 g/mol. The number of ether oxygens (including phenoxy) is 1. The molecule has 2 amide bonds. The molecule has 0 aromatic heterocycles. The first-order valence-corrected chi connectivity index (χ1v) is 9.81. The van der Waals surface area contributed by atoms with Gasteiger partial charge in [0.25, 0.3) is 11.8 Å². The number of nitrogens with one attached hydrogen (secondary N) is 1. The van der Waals surface area contributed by atoms with Crippen molar-refractivity contribution in [3.05, 3.63) is 95.7 Å². The minimum atomic E-state index is -0.386. The van der Waals surface area contributed by atoms with Crippen molar-refractivity contribution in [1.29, 1.82) is 0 Å². The molecule has 5 nitrogen and oxygen atoms in total. The molecule has 3 aromatic rings. The molecular weight excluding hydrogens is 376 g/mol. The third-order valence-electron chi connectivity index (χ3n) is 5.11. The summed E-state index contributed by atoms with van der Waals surface area (Å²) in [6, 6.07) is 24.0. The average Bonchev–Trinajstić information content (AvgIpc) is 3.04. The first kappa shape index (κ1) is 19.5. The lowest BCUT2D eigenvalue weighted by atomic mass is 10.0. The van der Waals surface area contributed by atoms with E-state index < -0.39 is 0 Å². The number of methoxy groups -OCH3 is 1. The summed E-state index contributed by atoms with van der Waals surface area (Å²) in [6.07, 6.45) is 0.931. The Morgan fingerprint density at radius 2 is 1.50 bits per heavy atom. The lowest BCUT2D eigenvalue weighted by molar-refractivity contribution is -0.120. The summed E-state index contributed by atoms with van der Waals surface area (Å²) in [6.45, 7) is 2.09. The molecule has 0 spiro atoms. The lowest BCUT2D eigenvalue weighted by Crippen LogP contribution is -2.32. The Kier molecular flexibility index (Phi) is 5.35. The molecule has 3 aromatic carbocycles. The summed E-state index contributed by atoms with van der Waals surface area (Å²) in [7, 11) is 1.57. The van der Waals surface area contributed by atoms with Crippen LogP contribution in [0.25, 0.3) is 5.57 Å². The van der Waals surface area contributed by atoms with E-state index in [1.165, 1.54) is 10.5 Å². The molecule has 4 rings (SSSR count). The summed E-state index contributed by atoms with van der Waals surface area (Å²) >= 11 is 0. The van der Waals surface area contributed by atoms with E-state index in [2.05, 4.69) is 12.2 Å². The van der Waals surface area contributed by atoms with Crippen LogP contribution in [-0.2, 0) is 16.0 Å². The van der Waals surface area contributed by atoms with Gasteiger partial charge in [-0.3, -0.25) is 9.59 Å². The number of rotatable bonds is 6. The topological polar surface area (TPSA) is 58.6 Å². The minimum absolute atomic E-state index is 0.270. The van der Waals surface area contributed by atoms with Crippen molar-refractivity contribution < 1.29 is 14.3 Å². The zero-order valence-corrected chi connectivity index (χ0v) is 16.9. The highest BCUT2D eigenvalue weighted by molar-refractivity contribution is 6.46. The maximum atomic E-state index is 13.3. The summed E-state index contributed by atoms with van der Waals surface area (Å²) < 4.78 is 5.18. The Morgan fingerprint density at radius 3 is 2.10 bits per heavy atom. The summed E-state index contributed by atoms with van der Waals surface area (Å²) in [5.41, 5.74) is 3.78. The third-order valence-corrected chi connectivity index (χ3v) is 5.11. The predicted molar refractivity (Wildman–Crippen MR) is 118 cm³/mol. The van der Waals surface area contributed by atoms with E-state index in [1.807, 2.05) is 54.6 Å². The maximum absolute atomic E-state index is 13.3. The molecule has 30 heavy (non-hydrogen) atoms. The van der Waals surface area contributed by atoms with Crippen molar-refractivity contribution in [2.45, 2.75) is 13.3 Å². The van der Waals surface area contributed by atoms with Crippen molar-refractivity contribution in [1.82, 2.24) is 0 Å². The molecule has 1 heterocycles. The van der Waals surface area contributed by atoms with Crippen molar-refractivity contribution >= 4 is 28.8 Å². The Labute approximate surface area is 175 Å². The van der Waals surface area contributed by atoms with E-state index in [-0.39, 0.29) is 17.5 Å². The molecular formula is C25H22N2O3. The van der Waals surface area contributed by atoms with Gasteiger partial charge in [0.2, 0.25) is 0 Å². The van der Waals surface area contributed by atoms with Crippen LogP contribution in [0.2, 0.25) is 0 Å². The van der Waals surface area contributed by atoms with E-state index in [0.29, 0.717) is 22.6 Å². The zero-order valence-electron chi connectivity index (χ0n) is 16.9. The Hall–Kier alpha value is -3.86. The van der Waals surface area contributed by atoms with Crippen molar-refractivity contribution in [3.8, 4) is 5.75 Å². The van der Waals surface area contributed by atoms with E-state index >= 15 is 0 Å². The Bertz CT molecular complexity index is 1100. The second kappa shape index (κ2) is 8.25. The number of nitrogens with zero attached hydrogens (tertiary/aromatic N) is 1. The van der Waals surface area contributed by atoms with Crippen LogP contribution in [0.1, 0.15) is 18.1 Å². The highest BCUT2D eigenvalue weighted by Gasteiger charge is 2.40. The fourth-order valence-corrected chi connectivity index (χ4v) is 3.45. The van der Waals surface area contributed by atoms with E-state index in [0.717, 1.165) is 12.1 Å². The van der Waals surface area contributed by atoms with Gasteiger partial charge in [-0.25, -0.2) is 4.90 Å². The van der Waals surface area contributed by atoms with Crippen LogP contribution >= 0.6 is 0 Å². The van der Waals surface area contributed by atoms with E-state index in [1.54, 1.807) is 31.4 Å². The molecule has 0 saturated carbocycles. The number of imide groups is 1. The molecule has 0 unspecified atom stereocenters.